The number of aromatic nitrogens is 6. The van der Waals surface area contributed by atoms with Crippen molar-refractivity contribution < 1.29 is 22.5 Å². The number of ether oxygens (including phenoxy) is 1. The monoisotopic (exact) mass is 585 g/mol. The van der Waals surface area contributed by atoms with E-state index in [-0.39, 0.29) is 11.9 Å². The summed E-state index contributed by atoms with van der Waals surface area (Å²) < 4.78 is 60.1. The second kappa shape index (κ2) is 10.9. The summed E-state index contributed by atoms with van der Waals surface area (Å²) in [4.78, 5) is 21.9. The molecule has 1 aliphatic carbocycles. The molecule has 0 aliphatic heterocycles. The third kappa shape index (κ3) is 6.12. The Morgan fingerprint density at radius 3 is 2.39 bits per heavy atom. The molecule has 13 heteroatoms. The molecule has 9 nitrogen and oxygen atoms in total. The van der Waals surface area contributed by atoms with E-state index in [9.17, 15) is 17.7 Å². The summed E-state index contributed by atoms with van der Waals surface area (Å²) in [5, 5.41) is 3.79. The highest BCUT2D eigenvalue weighted by atomic mass is 31.2. The molecule has 216 valence electrons. The van der Waals surface area contributed by atoms with E-state index in [0.717, 1.165) is 30.3 Å². The lowest BCUT2D eigenvalue weighted by Crippen LogP contribution is -2.17. The maximum absolute atomic E-state index is 13.3. The Kier molecular flexibility index (Phi) is 7.63. The number of methoxy groups -OCH3 is 1. The summed E-state index contributed by atoms with van der Waals surface area (Å²) in [7, 11) is -1.22. The SMILES string of the molecule is COc1ncnc(C2CC2)c1-c1ncc(P(C)(C)=O)c(NCc2ccc(-c3nc(C(F)(F)F)cn3C(C)C)cc2)n1. The van der Waals surface area contributed by atoms with Crippen molar-refractivity contribution in [1.82, 2.24) is 29.5 Å². The van der Waals surface area contributed by atoms with Crippen molar-refractivity contribution >= 4 is 18.3 Å². The minimum absolute atomic E-state index is 0.201. The number of hydrogen-bond donors (Lipinski definition) is 1. The summed E-state index contributed by atoms with van der Waals surface area (Å²) >= 11 is 0. The molecule has 1 N–H and O–H groups in total. The molecule has 1 aromatic carbocycles. The molecular weight excluding hydrogens is 554 g/mol. The highest BCUT2D eigenvalue weighted by molar-refractivity contribution is 7.70. The second-order valence-corrected chi connectivity index (χ2v) is 13.9. The smallest absolute Gasteiger partial charge is 0.434 e. The largest absolute Gasteiger partial charge is 0.480 e. The zero-order valence-electron chi connectivity index (χ0n) is 23.4. The van der Waals surface area contributed by atoms with Gasteiger partial charge in [0.2, 0.25) is 5.88 Å². The van der Waals surface area contributed by atoms with Gasteiger partial charge in [0.15, 0.2) is 11.5 Å². The summed E-state index contributed by atoms with van der Waals surface area (Å²) in [5.41, 5.74) is 1.94. The van der Waals surface area contributed by atoms with E-state index in [1.54, 1.807) is 31.7 Å². The molecule has 0 saturated heterocycles. The molecule has 41 heavy (non-hydrogen) atoms. The van der Waals surface area contributed by atoms with Crippen LogP contribution in [0.3, 0.4) is 0 Å². The summed E-state index contributed by atoms with van der Waals surface area (Å²) in [6.45, 7) is 7.25. The molecule has 3 aromatic heterocycles. The van der Waals surface area contributed by atoms with Gasteiger partial charge in [-0.1, -0.05) is 24.3 Å². The number of hydrogen-bond acceptors (Lipinski definition) is 8. The van der Waals surface area contributed by atoms with Crippen molar-refractivity contribution in [2.45, 2.75) is 51.4 Å². The van der Waals surface area contributed by atoms with Gasteiger partial charge in [0.05, 0.1) is 18.1 Å². The first-order chi connectivity index (χ1) is 19.4. The molecule has 1 fully saturated rings. The number of imidazole rings is 1. The van der Waals surface area contributed by atoms with E-state index in [2.05, 4.69) is 25.3 Å². The van der Waals surface area contributed by atoms with E-state index >= 15 is 0 Å². The first kappa shape index (κ1) is 28.7. The third-order valence-electron chi connectivity index (χ3n) is 6.82. The topological polar surface area (TPSA) is 108 Å². The van der Waals surface area contributed by atoms with Gasteiger partial charge in [-0.15, -0.1) is 0 Å². The molecular formula is C28H31F3N7O2P. The van der Waals surface area contributed by atoms with Crippen LogP contribution < -0.4 is 15.4 Å². The van der Waals surface area contributed by atoms with Gasteiger partial charge >= 0.3 is 6.18 Å². The number of nitrogens with one attached hydrogen (secondary N) is 1. The molecule has 5 rings (SSSR count). The van der Waals surface area contributed by atoms with Crippen LogP contribution in [0.4, 0.5) is 19.0 Å². The fraction of sp³-hybridized carbons (Fsp3) is 0.393. The van der Waals surface area contributed by atoms with Gasteiger partial charge in [-0.3, -0.25) is 0 Å². The first-order valence-electron chi connectivity index (χ1n) is 13.2. The van der Waals surface area contributed by atoms with Crippen LogP contribution in [0.5, 0.6) is 5.88 Å². The van der Waals surface area contributed by atoms with Gasteiger partial charge in [-0.2, -0.15) is 13.2 Å². The van der Waals surface area contributed by atoms with Gasteiger partial charge in [0, 0.05) is 36.5 Å². The molecule has 4 aromatic rings. The molecule has 0 radical (unpaired) electrons. The number of benzene rings is 1. The third-order valence-corrected chi connectivity index (χ3v) is 8.31. The summed E-state index contributed by atoms with van der Waals surface area (Å²) in [5.74, 6) is 1.71. The molecule has 0 amide bonds. The molecule has 1 saturated carbocycles. The van der Waals surface area contributed by atoms with Crippen LogP contribution >= 0.6 is 7.14 Å². The maximum atomic E-state index is 13.3. The van der Waals surface area contributed by atoms with Crippen LogP contribution in [-0.4, -0.2) is 49.9 Å². The number of halogens is 3. The van der Waals surface area contributed by atoms with Crippen LogP contribution in [0.1, 0.15) is 55.6 Å². The Hall–Kier alpha value is -3.79. The van der Waals surface area contributed by atoms with Crippen LogP contribution in [-0.2, 0) is 17.3 Å². The zero-order valence-corrected chi connectivity index (χ0v) is 24.3. The summed E-state index contributed by atoms with van der Waals surface area (Å²) in [6, 6.07) is 6.90. The molecule has 0 atom stereocenters. The van der Waals surface area contributed by atoms with Crippen molar-refractivity contribution in [3.05, 3.63) is 59.9 Å². The Balaban J connectivity index is 1.44. The molecule has 0 spiro atoms. The number of rotatable bonds is 9. The van der Waals surface area contributed by atoms with Crippen molar-refractivity contribution in [3.63, 3.8) is 0 Å². The Labute approximate surface area is 236 Å². The number of anilines is 1. The highest BCUT2D eigenvalue weighted by Crippen LogP contribution is 2.45. The first-order valence-corrected chi connectivity index (χ1v) is 15.8. The minimum atomic E-state index is -4.53. The van der Waals surface area contributed by atoms with Crippen LogP contribution in [0.15, 0.2) is 43.0 Å². The Morgan fingerprint density at radius 1 is 1.10 bits per heavy atom. The van der Waals surface area contributed by atoms with Gasteiger partial charge in [0.25, 0.3) is 0 Å². The molecule has 1 aliphatic rings. The quantitative estimate of drug-likeness (QED) is 0.233. The average molecular weight is 586 g/mol. The zero-order chi connectivity index (χ0) is 29.5. The van der Waals surface area contributed by atoms with Crippen LogP contribution in [0, 0.1) is 0 Å². The average Bonchev–Trinajstić information content (AvgIpc) is 3.67. The normalized spacial score (nSPS) is 14.0. The standard InChI is InChI=1S/C28H31F3N7O2P/c1-16(2)38-14-21(28(29,30)31)36-26(38)19-8-6-17(7-9-19)12-32-24-20(41(4,5)39)13-33-25(37-24)22-23(18-10-11-18)34-15-35-27(22)40-3/h6-9,13-16,18H,10-12H2,1-5H3,(H,32,33,37). The fourth-order valence-electron chi connectivity index (χ4n) is 4.53. The number of nitrogens with zero attached hydrogens (tertiary/aromatic N) is 6. The van der Waals surface area contributed by atoms with E-state index in [1.807, 2.05) is 26.0 Å². The van der Waals surface area contributed by atoms with E-state index in [0.29, 0.717) is 46.4 Å². The second-order valence-electron chi connectivity index (χ2n) is 10.7. The van der Waals surface area contributed by atoms with Crippen LogP contribution in [0.25, 0.3) is 22.8 Å². The van der Waals surface area contributed by atoms with Crippen LogP contribution in [0.2, 0.25) is 0 Å². The van der Waals surface area contributed by atoms with Gasteiger partial charge in [0.1, 0.15) is 30.7 Å². The lowest BCUT2D eigenvalue weighted by molar-refractivity contribution is -0.140. The molecule has 3 heterocycles. The van der Waals surface area contributed by atoms with E-state index in [4.69, 9.17) is 9.72 Å². The fourth-order valence-corrected chi connectivity index (χ4v) is 5.50. The maximum Gasteiger partial charge on any atom is 0.434 e. The lowest BCUT2D eigenvalue weighted by Gasteiger charge is -2.17. The van der Waals surface area contributed by atoms with Crippen molar-refractivity contribution in [2.75, 3.05) is 25.8 Å². The van der Waals surface area contributed by atoms with Crippen molar-refractivity contribution in [1.29, 1.82) is 0 Å². The van der Waals surface area contributed by atoms with Crippen molar-refractivity contribution in [3.8, 4) is 28.7 Å². The molecule has 0 bridgehead atoms. The van der Waals surface area contributed by atoms with Gasteiger partial charge in [-0.25, -0.2) is 24.9 Å². The van der Waals surface area contributed by atoms with Gasteiger partial charge in [-0.05, 0) is 45.6 Å². The molecule has 0 unspecified atom stereocenters. The highest BCUT2D eigenvalue weighted by Gasteiger charge is 2.35. The predicted octanol–water partition coefficient (Wildman–Crippen LogP) is 6.14. The van der Waals surface area contributed by atoms with Crippen molar-refractivity contribution in [2.24, 2.45) is 0 Å². The predicted molar refractivity (Wildman–Crippen MR) is 151 cm³/mol. The van der Waals surface area contributed by atoms with E-state index in [1.165, 1.54) is 18.0 Å². The lowest BCUT2D eigenvalue weighted by atomic mass is 10.1. The Bertz CT molecular complexity index is 1610. The minimum Gasteiger partial charge on any atom is -0.480 e. The van der Waals surface area contributed by atoms with E-state index < -0.39 is 19.0 Å². The Morgan fingerprint density at radius 2 is 1.80 bits per heavy atom. The summed E-state index contributed by atoms with van der Waals surface area (Å²) in [6.07, 6.45) is 1.58. The number of alkyl halides is 3. The van der Waals surface area contributed by atoms with Gasteiger partial charge < -0.3 is 19.2 Å².